The molecule has 0 unspecified atom stereocenters. The zero-order valence-corrected chi connectivity index (χ0v) is 64.3. The van der Waals surface area contributed by atoms with Crippen molar-refractivity contribution < 1.29 is 276 Å². The molecule has 2 aliphatic heterocycles. The summed E-state index contributed by atoms with van der Waals surface area (Å²) in [6.07, 6.45) is 1.21. The number of carbonyl (C=O) groups is 4. The van der Waals surface area contributed by atoms with Crippen molar-refractivity contribution in [2.24, 2.45) is 5.41 Å². The van der Waals surface area contributed by atoms with Gasteiger partial charge in [-0.1, -0.05) is 205 Å². The number of aliphatic hydroxyl groups is 2. The van der Waals surface area contributed by atoms with Crippen LogP contribution in [0.1, 0.15) is 195 Å². The van der Waals surface area contributed by atoms with Gasteiger partial charge in [-0.15, -0.1) is 0 Å². The Hall–Kier alpha value is -2.58. The number of fused-ring (bicyclic) bond motifs is 6. The van der Waals surface area contributed by atoms with E-state index in [0.29, 0.717) is 81.4 Å². The van der Waals surface area contributed by atoms with E-state index in [1.54, 1.807) is 0 Å². The molecule has 0 aromatic heterocycles. The number of hydrogen-bond acceptors (Lipinski definition) is 10. The van der Waals surface area contributed by atoms with Crippen LogP contribution in [0.5, 0.6) is 23.0 Å². The van der Waals surface area contributed by atoms with Gasteiger partial charge in [0, 0.05) is 284 Å². The molecule has 2 heterocycles. The van der Waals surface area contributed by atoms with Crippen molar-refractivity contribution in [2.45, 2.75) is 132 Å². The summed E-state index contributed by atoms with van der Waals surface area (Å²) in [6, 6.07) is 42.4. The second kappa shape index (κ2) is 33.2. The number of nitrogens with zero attached hydrogens (tertiary/aromatic N) is 2. The summed E-state index contributed by atoms with van der Waals surface area (Å²) in [7, 11) is 2.00. The summed E-state index contributed by atoms with van der Waals surface area (Å²) in [5.74, 6) is -2.88. The Bertz CT molecular complexity index is 5090. The Balaban J connectivity index is 0.000000527. The third-order valence-electron chi connectivity index (χ3n) is 20.4. The maximum absolute atomic E-state index is 15.0. The van der Waals surface area contributed by atoms with Gasteiger partial charge in [0.15, 0.2) is 0 Å². The Morgan fingerprint density at radius 1 is 0.320 bits per heavy atom. The van der Waals surface area contributed by atoms with Gasteiger partial charge in [0.25, 0.3) is 23.6 Å². The summed E-state index contributed by atoms with van der Waals surface area (Å²) in [4.78, 5) is 62.5. The topological polar surface area (TPSA) is 196 Å². The zero-order chi connectivity index (χ0) is 69.8. The molecule has 103 heavy (non-hydrogen) atoms. The van der Waals surface area contributed by atoms with Gasteiger partial charge < -0.3 is 30.6 Å². The molecule has 0 radical (unpaired) electrons. The molecule has 12 nitrogen and oxygen atoms in total. The van der Waals surface area contributed by atoms with Crippen molar-refractivity contribution in [1.82, 2.24) is 0 Å². The number of benzene rings is 14. The van der Waals surface area contributed by atoms with Crippen LogP contribution >= 0.6 is 0 Å². The summed E-state index contributed by atoms with van der Waals surface area (Å²) in [5.41, 5.74) is 8.55. The summed E-state index contributed by atoms with van der Waals surface area (Å²) in [5, 5.41) is 76.3. The molecule has 2 aliphatic rings. The molecule has 0 atom stereocenters. The molecule has 0 spiro atoms. The van der Waals surface area contributed by atoms with Crippen LogP contribution in [0.15, 0.2) is 133 Å². The molecular formula is C85H82Ar6N2O10. The average molecular weight is 1530 g/mol. The summed E-state index contributed by atoms with van der Waals surface area (Å²) in [6.45, 7) is 29.9. The molecule has 14 aromatic carbocycles. The maximum Gasteiger partial charge on any atom is 0.266 e. The summed E-state index contributed by atoms with van der Waals surface area (Å²) >= 11 is 0. The number of hydrogen-bond donors (Lipinski definition) is 6. The first-order valence-corrected chi connectivity index (χ1v) is 33.4. The van der Waals surface area contributed by atoms with Crippen LogP contribution in [-0.2, 0) is 5.41 Å². The van der Waals surface area contributed by atoms with Crippen LogP contribution in [0.3, 0.4) is 0 Å². The quantitative estimate of drug-likeness (QED) is 0.0484. The Labute approximate surface area is 780 Å². The number of para-hydroxylation sites is 2. The Morgan fingerprint density at radius 3 is 0.786 bits per heavy atom. The fourth-order valence-corrected chi connectivity index (χ4v) is 16.7. The first-order valence-electron chi connectivity index (χ1n) is 33.4. The molecule has 0 saturated heterocycles. The molecule has 0 fully saturated rings. The standard InChI is InChI=1S/C68H50N2O8.C15H24.2CH4O.6Ar/c1-27(2)31-11-9-12-32(28(3)4)63(31)69-65(75)43-23-47(71)57-39-19-15-35-37-17-21-41-54-42(22-18-38(52(37)54)36-16-20-40(53(39)51(35)36)58-48(72)24-44(66(69)76)55(43)61(57)58)60-50(74)26-46-56-45(25-49(73)59(41)62(56)60)67(77)70(68(46)78)64-33(29(5)6)13-10-14-34(64)30(7)8;1-12-7-9-13(10-8-12)15(5,6)11-14(2,3)4;2*1-2;;;;;;/h9-30,71-74H,1-8H3;7-10H,11H2,1-6H3;2*2H,1H3;;;;;;. The van der Waals surface area contributed by atoms with E-state index in [1.165, 1.54) is 51.6 Å². The minimum Gasteiger partial charge on any atom is -0.507 e. The largest absolute Gasteiger partial charge is 0.507 e. The van der Waals surface area contributed by atoms with Crippen LogP contribution in [0, 0.1) is 239 Å². The van der Waals surface area contributed by atoms with Crippen LogP contribution in [-0.4, -0.2) is 68.5 Å². The van der Waals surface area contributed by atoms with Crippen molar-refractivity contribution in [2.75, 3.05) is 24.0 Å². The van der Waals surface area contributed by atoms with Gasteiger partial charge in [0.2, 0.25) is 0 Å². The van der Waals surface area contributed by atoms with Crippen LogP contribution in [0.25, 0.3) is 108 Å². The number of amides is 4. The third-order valence-corrected chi connectivity index (χ3v) is 20.4. The number of aliphatic hydroxyl groups excluding tert-OH is 2. The monoisotopic (exact) mass is 1530 g/mol. The molecule has 0 saturated carbocycles. The van der Waals surface area contributed by atoms with Gasteiger partial charge in [0.1, 0.15) is 23.0 Å². The minimum atomic E-state index is -0.546. The van der Waals surface area contributed by atoms with E-state index < -0.39 is 23.6 Å². The first kappa shape index (κ1) is 87.6. The number of carbonyl (C=O) groups excluding carboxylic acids is 4. The van der Waals surface area contributed by atoms with E-state index in [0.717, 1.165) is 79.6 Å². The number of phenols is 4. The van der Waals surface area contributed by atoms with E-state index in [-0.39, 0.29) is 301 Å². The van der Waals surface area contributed by atoms with E-state index in [4.69, 9.17) is 10.2 Å². The molecule has 4 amide bonds. The van der Waals surface area contributed by atoms with Crippen LogP contribution < -0.4 is 9.80 Å². The first-order chi connectivity index (χ1) is 46.1. The smallest absolute Gasteiger partial charge is 0.266 e. The van der Waals surface area contributed by atoms with E-state index in [9.17, 15) is 20.4 Å². The molecule has 6 N–H and O–H groups in total. The van der Waals surface area contributed by atoms with E-state index in [1.807, 2.05) is 140 Å². The molecule has 540 valence electrons. The average Bonchev–Trinajstić information content (AvgIpc) is 0.676. The predicted octanol–water partition coefficient (Wildman–Crippen LogP) is 20.4. The molecule has 14 aromatic rings. The molecule has 18 heteroatoms. The maximum atomic E-state index is 15.0. The summed E-state index contributed by atoms with van der Waals surface area (Å²) < 4.78 is 0. The normalized spacial score (nSPS) is 12.9. The fraction of sp³-hybridized carbons (Fsp3) is 0.271. The second-order valence-electron chi connectivity index (χ2n) is 29.5. The molecule has 0 aliphatic carbocycles. The number of phenolic OH excluding ortho intramolecular Hbond substituents is 4. The van der Waals surface area contributed by atoms with Crippen molar-refractivity contribution in [1.29, 1.82) is 0 Å². The fourth-order valence-electron chi connectivity index (χ4n) is 16.7. The Morgan fingerprint density at radius 2 is 0.553 bits per heavy atom. The van der Waals surface area contributed by atoms with E-state index >= 15 is 19.2 Å². The SMILES string of the molecule is CC(C)c1cccc(C(C)C)c1N1C(=O)c2cc(O)c3c4ccc5c6ccc7c8c(O)cc9c%10c(cc(O)c(c%11ccc(c%12ccc(c%13c(O)cc(c2c3%13)C1=O)c4c5%12)c6c7%11)c%108)C(=O)N(c1c(C(C)C)cccc1C(C)C)C9=O.CO.CO.Cc1ccc(C(C)(C)CC(C)(C)C)cc1.[Ar].[Ar].[Ar].[Ar].[Ar].[Ar]. The zero-order valence-electron chi connectivity index (χ0n) is 60.1. The van der Waals surface area contributed by atoms with Crippen LogP contribution in [0.2, 0.25) is 0 Å². The van der Waals surface area contributed by atoms with Gasteiger partial charge >= 0.3 is 0 Å². The van der Waals surface area contributed by atoms with Gasteiger partial charge in [0.05, 0.1) is 33.6 Å². The van der Waals surface area contributed by atoms with Gasteiger partial charge in [-0.3, -0.25) is 19.2 Å². The van der Waals surface area contributed by atoms with Crippen molar-refractivity contribution in [3.63, 3.8) is 0 Å². The Kier molecular flexibility index (Phi) is 28.2. The molecule has 16 rings (SSSR count). The minimum absolute atomic E-state index is 0. The predicted molar refractivity (Wildman–Crippen MR) is 398 cm³/mol. The van der Waals surface area contributed by atoms with Crippen molar-refractivity contribution >= 4 is 143 Å². The van der Waals surface area contributed by atoms with Gasteiger partial charge in [-0.05, 0) is 165 Å². The van der Waals surface area contributed by atoms with Crippen molar-refractivity contribution in [3.8, 4) is 23.0 Å². The number of anilines is 2. The number of aryl methyl sites for hydroxylation is 1. The van der Waals surface area contributed by atoms with Gasteiger partial charge in [-0.25, -0.2) is 9.80 Å². The third kappa shape index (κ3) is 14.0. The van der Waals surface area contributed by atoms with Crippen LogP contribution in [0.4, 0.5) is 11.4 Å². The number of rotatable bonds is 8. The molecule has 0 bridgehead atoms. The number of aromatic hydroxyl groups is 4. The van der Waals surface area contributed by atoms with Gasteiger partial charge in [-0.2, -0.15) is 0 Å². The second-order valence-corrected chi connectivity index (χ2v) is 29.5. The number of imide groups is 2. The van der Waals surface area contributed by atoms with Crippen molar-refractivity contribution in [3.05, 3.63) is 189 Å². The van der Waals surface area contributed by atoms with E-state index in [2.05, 4.69) is 65.8 Å². The molecular weight excluding hydrogens is 1450 g/mol.